The highest BCUT2D eigenvalue weighted by Crippen LogP contribution is 2.20. The van der Waals surface area contributed by atoms with Crippen molar-refractivity contribution in [2.75, 3.05) is 18.5 Å². The minimum absolute atomic E-state index is 0.134. The van der Waals surface area contributed by atoms with Crippen LogP contribution in [0.1, 0.15) is 32.8 Å². The number of anilines is 1. The normalized spacial score (nSPS) is 12.6. The van der Waals surface area contributed by atoms with Crippen LogP contribution in [-0.2, 0) is 0 Å². The first-order valence-electron chi connectivity index (χ1n) is 6.48. The molecule has 0 saturated carbocycles. The lowest BCUT2D eigenvalue weighted by molar-refractivity contribution is 0.324. The summed E-state index contributed by atoms with van der Waals surface area (Å²) in [7, 11) is 0. The van der Waals surface area contributed by atoms with Gasteiger partial charge in [-0.2, -0.15) is 0 Å². The predicted molar refractivity (Wildman–Crippen MR) is 73.9 cm³/mol. The summed E-state index contributed by atoms with van der Waals surface area (Å²) in [6.45, 7) is 9.53. The first kappa shape index (κ1) is 14.7. The van der Waals surface area contributed by atoms with Crippen molar-refractivity contribution in [3.8, 4) is 5.88 Å². The molecule has 1 aromatic rings. The molecule has 1 atom stereocenters. The van der Waals surface area contributed by atoms with Crippen LogP contribution in [0.5, 0.6) is 5.88 Å². The van der Waals surface area contributed by atoms with Gasteiger partial charge in [0.25, 0.3) is 0 Å². The van der Waals surface area contributed by atoms with E-state index in [1.807, 2.05) is 13.8 Å². The smallest absolute Gasteiger partial charge is 0.221 e. The number of nitrogens with zero attached hydrogens (tertiary/aromatic N) is 2. The van der Waals surface area contributed by atoms with E-state index in [9.17, 15) is 0 Å². The zero-order valence-corrected chi connectivity index (χ0v) is 11.7. The van der Waals surface area contributed by atoms with Crippen molar-refractivity contribution < 1.29 is 4.74 Å². The zero-order valence-electron chi connectivity index (χ0n) is 11.7. The highest BCUT2D eigenvalue weighted by molar-refractivity contribution is 5.47. The molecule has 5 heteroatoms. The van der Waals surface area contributed by atoms with Gasteiger partial charge in [-0.1, -0.05) is 13.8 Å². The van der Waals surface area contributed by atoms with Gasteiger partial charge in [0.1, 0.15) is 12.1 Å². The van der Waals surface area contributed by atoms with Crippen molar-refractivity contribution >= 4 is 5.82 Å². The topological polar surface area (TPSA) is 73.1 Å². The molecule has 0 saturated heterocycles. The molecular weight excluding hydrogens is 228 g/mol. The molecule has 0 aromatic carbocycles. The number of nitrogens with one attached hydrogen (secondary N) is 1. The van der Waals surface area contributed by atoms with E-state index in [4.69, 9.17) is 10.5 Å². The molecule has 0 spiro atoms. The quantitative estimate of drug-likeness (QED) is 0.776. The van der Waals surface area contributed by atoms with Gasteiger partial charge in [-0.3, -0.25) is 0 Å². The van der Waals surface area contributed by atoms with Crippen molar-refractivity contribution in [3.05, 3.63) is 11.9 Å². The van der Waals surface area contributed by atoms with Crippen molar-refractivity contribution in [1.29, 1.82) is 0 Å². The molecule has 5 nitrogen and oxygen atoms in total. The maximum absolute atomic E-state index is 6.03. The Morgan fingerprint density at radius 3 is 2.72 bits per heavy atom. The predicted octanol–water partition coefficient (Wildman–Crippen LogP) is 1.97. The highest BCUT2D eigenvalue weighted by atomic mass is 16.5. The van der Waals surface area contributed by atoms with Crippen LogP contribution < -0.4 is 15.8 Å². The van der Waals surface area contributed by atoms with Crippen molar-refractivity contribution in [2.45, 2.75) is 40.2 Å². The minimum Gasteiger partial charge on any atom is -0.478 e. The molecule has 0 bridgehead atoms. The highest BCUT2D eigenvalue weighted by Gasteiger charge is 2.10. The van der Waals surface area contributed by atoms with Crippen LogP contribution >= 0.6 is 0 Å². The molecule has 0 amide bonds. The number of ether oxygens (including phenoxy) is 1. The third-order valence-electron chi connectivity index (χ3n) is 2.62. The number of rotatable bonds is 7. The minimum atomic E-state index is 0.134. The lowest BCUT2D eigenvalue weighted by Crippen LogP contribution is -2.30. The number of aromatic nitrogens is 2. The molecule has 1 heterocycles. The van der Waals surface area contributed by atoms with E-state index in [0.29, 0.717) is 24.9 Å². The van der Waals surface area contributed by atoms with Crippen LogP contribution in [0.3, 0.4) is 0 Å². The van der Waals surface area contributed by atoms with E-state index in [1.165, 1.54) is 6.33 Å². The van der Waals surface area contributed by atoms with Crippen molar-refractivity contribution in [2.24, 2.45) is 11.7 Å². The lowest BCUT2D eigenvalue weighted by atomic mass is 10.0. The maximum atomic E-state index is 6.03. The molecule has 1 rings (SSSR count). The van der Waals surface area contributed by atoms with Crippen LogP contribution in [0.15, 0.2) is 6.33 Å². The summed E-state index contributed by atoms with van der Waals surface area (Å²) < 4.78 is 5.43. The van der Waals surface area contributed by atoms with Gasteiger partial charge in [0.05, 0.1) is 12.2 Å². The van der Waals surface area contributed by atoms with Gasteiger partial charge in [0, 0.05) is 12.6 Å². The van der Waals surface area contributed by atoms with Crippen LogP contribution in [0, 0.1) is 12.8 Å². The third-order valence-corrected chi connectivity index (χ3v) is 2.62. The Morgan fingerprint density at radius 1 is 1.39 bits per heavy atom. The largest absolute Gasteiger partial charge is 0.478 e. The Balaban J connectivity index is 2.59. The third kappa shape index (κ3) is 4.49. The van der Waals surface area contributed by atoms with E-state index in [0.717, 1.165) is 17.8 Å². The Bertz CT molecular complexity index is 368. The molecule has 1 unspecified atom stereocenters. The standard InChI is InChI=1S/C13H24N4O/c1-5-18-13-10(4)12(16-8-17-13)15-7-11(14)6-9(2)3/h8-9,11H,5-7,14H2,1-4H3,(H,15,16,17). The van der Waals surface area contributed by atoms with Crippen LogP contribution in [0.25, 0.3) is 0 Å². The summed E-state index contributed by atoms with van der Waals surface area (Å²) in [5.74, 6) is 2.03. The fourth-order valence-electron chi connectivity index (χ4n) is 1.81. The average molecular weight is 252 g/mol. The molecule has 3 N–H and O–H groups in total. The van der Waals surface area contributed by atoms with Gasteiger partial charge in [-0.05, 0) is 26.2 Å². The van der Waals surface area contributed by atoms with Gasteiger partial charge in [0.2, 0.25) is 5.88 Å². The lowest BCUT2D eigenvalue weighted by Gasteiger charge is -2.16. The van der Waals surface area contributed by atoms with E-state index in [1.54, 1.807) is 0 Å². The summed E-state index contributed by atoms with van der Waals surface area (Å²) in [5, 5.41) is 3.26. The fraction of sp³-hybridized carbons (Fsp3) is 0.692. The summed E-state index contributed by atoms with van der Waals surface area (Å²) >= 11 is 0. The Hall–Kier alpha value is -1.36. The second-order valence-corrected chi connectivity index (χ2v) is 4.86. The van der Waals surface area contributed by atoms with Gasteiger partial charge in [-0.25, -0.2) is 9.97 Å². The molecule has 18 heavy (non-hydrogen) atoms. The Labute approximate surface area is 109 Å². The average Bonchev–Trinajstić information content (AvgIpc) is 2.29. The monoisotopic (exact) mass is 252 g/mol. The molecule has 102 valence electrons. The number of hydrogen-bond acceptors (Lipinski definition) is 5. The molecule has 0 aliphatic carbocycles. The maximum Gasteiger partial charge on any atom is 0.221 e. The fourth-order valence-corrected chi connectivity index (χ4v) is 1.81. The van der Waals surface area contributed by atoms with Gasteiger partial charge in [0.15, 0.2) is 0 Å². The number of hydrogen-bond donors (Lipinski definition) is 2. The van der Waals surface area contributed by atoms with E-state index < -0.39 is 0 Å². The van der Waals surface area contributed by atoms with Gasteiger partial charge >= 0.3 is 0 Å². The summed E-state index contributed by atoms with van der Waals surface area (Å²) in [6, 6.07) is 0.134. The zero-order chi connectivity index (χ0) is 13.5. The summed E-state index contributed by atoms with van der Waals surface area (Å²) in [4.78, 5) is 8.31. The molecule has 0 fully saturated rings. The molecule has 0 aliphatic rings. The van der Waals surface area contributed by atoms with Gasteiger partial charge < -0.3 is 15.8 Å². The molecular formula is C13H24N4O. The first-order valence-corrected chi connectivity index (χ1v) is 6.48. The Kier molecular flexibility index (Phi) is 5.85. The van der Waals surface area contributed by atoms with Crippen LogP contribution in [-0.4, -0.2) is 29.2 Å². The molecule has 0 radical (unpaired) electrons. The van der Waals surface area contributed by atoms with E-state index in [-0.39, 0.29) is 6.04 Å². The van der Waals surface area contributed by atoms with Crippen LogP contribution in [0.4, 0.5) is 5.82 Å². The summed E-state index contributed by atoms with van der Waals surface area (Å²) in [6.07, 6.45) is 2.50. The van der Waals surface area contributed by atoms with Crippen LogP contribution in [0.2, 0.25) is 0 Å². The van der Waals surface area contributed by atoms with E-state index in [2.05, 4.69) is 29.1 Å². The number of nitrogens with two attached hydrogens (primary N) is 1. The first-order chi connectivity index (χ1) is 8.54. The van der Waals surface area contributed by atoms with Crippen molar-refractivity contribution in [1.82, 2.24) is 9.97 Å². The SMILES string of the molecule is CCOc1ncnc(NCC(N)CC(C)C)c1C. The van der Waals surface area contributed by atoms with Gasteiger partial charge in [-0.15, -0.1) is 0 Å². The Morgan fingerprint density at radius 2 is 2.11 bits per heavy atom. The second-order valence-electron chi connectivity index (χ2n) is 4.86. The second kappa shape index (κ2) is 7.16. The van der Waals surface area contributed by atoms with E-state index >= 15 is 0 Å². The van der Waals surface area contributed by atoms with Crippen molar-refractivity contribution in [3.63, 3.8) is 0 Å². The summed E-state index contributed by atoms with van der Waals surface area (Å²) in [5.41, 5.74) is 6.96. The molecule has 0 aliphatic heterocycles. The molecule has 1 aromatic heterocycles.